The van der Waals surface area contributed by atoms with Crippen molar-refractivity contribution in [1.29, 1.82) is 0 Å². The van der Waals surface area contributed by atoms with Crippen LogP contribution in [0.3, 0.4) is 0 Å². The number of hydrogen-bond donors (Lipinski definition) is 1. The van der Waals surface area contributed by atoms with Gasteiger partial charge in [0.05, 0.1) is 0 Å². The van der Waals surface area contributed by atoms with Crippen molar-refractivity contribution in [2.24, 2.45) is 0 Å². The third kappa shape index (κ3) is 6.13. The lowest BCUT2D eigenvalue weighted by molar-refractivity contribution is 0.0928. The van der Waals surface area contributed by atoms with Crippen LogP contribution in [-0.2, 0) is 0 Å². The molecule has 3 aromatic rings. The molecule has 0 aliphatic heterocycles. The van der Waals surface area contributed by atoms with Crippen LogP contribution >= 0.6 is 0 Å². The van der Waals surface area contributed by atoms with Gasteiger partial charge in [-0.05, 0) is 55.5 Å². The fraction of sp³-hybridized carbons (Fsp3) is 0.259. The summed E-state index contributed by atoms with van der Waals surface area (Å²) >= 11 is 0. The molecule has 6 heteroatoms. The molecule has 0 saturated heterocycles. The van der Waals surface area contributed by atoms with Crippen molar-refractivity contribution in [3.63, 3.8) is 0 Å². The summed E-state index contributed by atoms with van der Waals surface area (Å²) < 4.78 is 0. The van der Waals surface area contributed by atoms with Gasteiger partial charge in [-0.2, -0.15) is 0 Å². The van der Waals surface area contributed by atoms with Gasteiger partial charge in [0, 0.05) is 69.0 Å². The lowest BCUT2D eigenvalue weighted by atomic mass is 10.1. The first-order chi connectivity index (χ1) is 15.8. The highest BCUT2D eigenvalue weighted by atomic mass is 16.2. The van der Waals surface area contributed by atoms with Gasteiger partial charge in [-0.1, -0.05) is 30.3 Å². The second-order valence-corrected chi connectivity index (χ2v) is 8.52. The summed E-state index contributed by atoms with van der Waals surface area (Å²) in [6.45, 7) is 2.25. The second-order valence-electron chi connectivity index (χ2n) is 8.52. The molecular formula is C27H32N4O2. The fourth-order valence-electron chi connectivity index (χ4n) is 3.54. The summed E-state index contributed by atoms with van der Waals surface area (Å²) in [6.07, 6.45) is 0. The van der Waals surface area contributed by atoms with Gasteiger partial charge in [0.15, 0.2) is 0 Å². The van der Waals surface area contributed by atoms with Crippen LogP contribution in [0.15, 0.2) is 78.9 Å². The van der Waals surface area contributed by atoms with Gasteiger partial charge >= 0.3 is 0 Å². The van der Waals surface area contributed by atoms with Crippen molar-refractivity contribution in [3.05, 3.63) is 90.0 Å². The Labute approximate surface area is 196 Å². The third-order valence-corrected chi connectivity index (χ3v) is 5.38. The van der Waals surface area contributed by atoms with Gasteiger partial charge in [-0.15, -0.1) is 0 Å². The molecular weight excluding hydrogens is 412 g/mol. The molecule has 0 fully saturated rings. The molecule has 1 unspecified atom stereocenters. The molecule has 3 aromatic carbocycles. The van der Waals surface area contributed by atoms with E-state index < -0.39 is 0 Å². The first-order valence-corrected chi connectivity index (χ1v) is 11.0. The number of hydrogen-bond acceptors (Lipinski definition) is 4. The zero-order chi connectivity index (χ0) is 24.0. The number of nitrogens with zero attached hydrogens (tertiary/aromatic N) is 3. The quantitative estimate of drug-likeness (QED) is 0.563. The van der Waals surface area contributed by atoms with E-state index in [4.69, 9.17) is 0 Å². The summed E-state index contributed by atoms with van der Waals surface area (Å²) in [5.41, 5.74) is 3.88. The number of para-hydroxylation sites is 1. The standard InChI is InChI=1S/C27H32N4O2/c1-20(28-26(32)21-11-9-15-24(17-21)29(2)3)19-31(23-13-7-6-8-14-23)27(33)22-12-10-16-25(18-22)30(4)5/h6-18,20H,19H2,1-5H3,(H,28,32). The Hall–Kier alpha value is -3.80. The third-order valence-electron chi connectivity index (χ3n) is 5.38. The normalized spacial score (nSPS) is 11.4. The molecule has 0 spiro atoms. The molecule has 1 N–H and O–H groups in total. The van der Waals surface area contributed by atoms with E-state index in [1.165, 1.54) is 0 Å². The van der Waals surface area contributed by atoms with Crippen molar-refractivity contribution in [2.45, 2.75) is 13.0 Å². The van der Waals surface area contributed by atoms with E-state index in [1.807, 2.05) is 118 Å². The Kier molecular flexibility index (Phi) is 7.72. The maximum atomic E-state index is 13.5. The van der Waals surface area contributed by atoms with Crippen LogP contribution in [0.5, 0.6) is 0 Å². The van der Waals surface area contributed by atoms with Gasteiger partial charge < -0.3 is 20.0 Å². The van der Waals surface area contributed by atoms with Gasteiger partial charge in [0.2, 0.25) is 0 Å². The van der Waals surface area contributed by atoms with E-state index in [0.29, 0.717) is 17.7 Å². The molecule has 0 saturated carbocycles. The molecule has 3 rings (SSSR count). The summed E-state index contributed by atoms with van der Waals surface area (Å²) in [5.74, 6) is -0.276. The summed E-state index contributed by atoms with van der Waals surface area (Å²) in [5, 5.41) is 3.04. The first-order valence-electron chi connectivity index (χ1n) is 11.0. The highest BCUT2D eigenvalue weighted by Crippen LogP contribution is 2.21. The SMILES string of the molecule is CC(CN(C(=O)c1cccc(N(C)C)c1)c1ccccc1)NC(=O)c1cccc(N(C)C)c1. The summed E-state index contributed by atoms with van der Waals surface area (Å²) in [7, 11) is 7.77. The van der Waals surface area contributed by atoms with Crippen LogP contribution in [0.25, 0.3) is 0 Å². The van der Waals surface area contributed by atoms with E-state index >= 15 is 0 Å². The fourth-order valence-corrected chi connectivity index (χ4v) is 3.54. The largest absolute Gasteiger partial charge is 0.378 e. The van der Waals surface area contributed by atoms with Crippen LogP contribution in [-0.4, -0.2) is 52.6 Å². The number of benzene rings is 3. The highest BCUT2D eigenvalue weighted by molar-refractivity contribution is 6.06. The predicted molar refractivity (Wildman–Crippen MR) is 137 cm³/mol. The number of anilines is 3. The lowest BCUT2D eigenvalue weighted by Crippen LogP contribution is -2.44. The number of amides is 2. The van der Waals surface area contributed by atoms with Gasteiger partial charge in [0.25, 0.3) is 11.8 Å². The van der Waals surface area contributed by atoms with Crippen molar-refractivity contribution in [3.8, 4) is 0 Å². The Morgan fingerprint density at radius 2 is 1.24 bits per heavy atom. The van der Waals surface area contributed by atoms with Crippen LogP contribution in [0.4, 0.5) is 17.1 Å². The topological polar surface area (TPSA) is 55.9 Å². The summed E-state index contributed by atoms with van der Waals surface area (Å²) in [4.78, 5) is 32.0. The van der Waals surface area contributed by atoms with Gasteiger partial charge in [-0.3, -0.25) is 9.59 Å². The molecule has 0 heterocycles. The van der Waals surface area contributed by atoms with E-state index in [2.05, 4.69) is 5.32 Å². The number of carbonyl (C=O) groups excluding carboxylic acids is 2. The van der Waals surface area contributed by atoms with Crippen LogP contribution < -0.4 is 20.0 Å². The molecule has 33 heavy (non-hydrogen) atoms. The van der Waals surface area contributed by atoms with Crippen molar-refractivity contribution >= 4 is 28.9 Å². The molecule has 1 atom stereocenters. The number of nitrogens with one attached hydrogen (secondary N) is 1. The van der Waals surface area contributed by atoms with E-state index in [0.717, 1.165) is 17.1 Å². The molecule has 0 radical (unpaired) electrons. The Balaban J connectivity index is 1.81. The predicted octanol–water partition coefficient (Wildman–Crippen LogP) is 4.28. The molecule has 172 valence electrons. The molecule has 0 bridgehead atoms. The minimum Gasteiger partial charge on any atom is -0.378 e. The lowest BCUT2D eigenvalue weighted by Gasteiger charge is -2.27. The molecule has 6 nitrogen and oxygen atoms in total. The molecule has 0 aromatic heterocycles. The Bertz CT molecular complexity index is 1100. The highest BCUT2D eigenvalue weighted by Gasteiger charge is 2.22. The van der Waals surface area contributed by atoms with Crippen LogP contribution in [0.2, 0.25) is 0 Å². The van der Waals surface area contributed by atoms with E-state index in [-0.39, 0.29) is 17.9 Å². The van der Waals surface area contributed by atoms with Crippen molar-refractivity contribution < 1.29 is 9.59 Å². The number of rotatable bonds is 8. The van der Waals surface area contributed by atoms with Crippen molar-refractivity contribution in [1.82, 2.24) is 5.32 Å². The summed E-state index contributed by atoms with van der Waals surface area (Å²) in [6, 6.07) is 24.3. The second kappa shape index (κ2) is 10.7. The Morgan fingerprint density at radius 1 is 0.727 bits per heavy atom. The van der Waals surface area contributed by atoms with E-state index in [1.54, 1.807) is 11.0 Å². The average Bonchev–Trinajstić information content (AvgIpc) is 2.82. The van der Waals surface area contributed by atoms with E-state index in [9.17, 15) is 9.59 Å². The zero-order valence-corrected chi connectivity index (χ0v) is 19.9. The first kappa shape index (κ1) is 23.9. The minimum absolute atomic E-state index is 0.111. The van der Waals surface area contributed by atoms with Gasteiger partial charge in [0.1, 0.15) is 0 Å². The Morgan fingerprint density at radius 3 is 1.82 bits per heavy atom. The van der Waals surface area contributed by atoms with Crippen molar-refractivity contribution in [2.75, 3.05) is 49.4 Å². The van der Waals surface area contributed by atoms with Crippen LogP contribution in [0.1, 0.15) is 27.6 Å². The molecule has 0 aliphatic rings. The smallest absolute Gasteiger partial charge is 0.258 e. The minimum atomic E-state index is -0.262. The van der Waals surface area contributed by atoms with Gasteiger partial charge in [-0.25, -0.2) is 0 Å². The zero-order valence-electron chi connectivity index (χ0n) is 19.9. The number of carbonyl (C=O) groups is 2. The molecule has 2 amide bonds. The maximum Gasteiger partial charge on any atom is 0.258 e. The average molecular weight is 445 g/mol. The van der Waals surface area contributed by atoms with Crippen LogP contribution in [0, 0.1) is 0 Å². The maximum absolute atomic E-state index is 13.5. The molecule has 0 aliphatic carbocycles. The monoisotopic (exact) mass is 444 g/mol.